The summed E-state index contributed by atoms with van der Waals surface area (Å²) in [6.07, 6.45) is 0. The molecule has 0 atom stereocenters. The Bertz CT molecular complexity index is 695. The summed E-state index contributed by atoms with van der Waals surface area (Å²) in [6, 6.07) is 16.4. The number of nitriles is 1. The number of carbonyl (C=O) groups is 1. The number of nitrogens with one attached hydrogen (secondary N) is 1. The van der Waals surface area contributed by atoms with Crippen LogP contribution in [0.4, 0.5) is 10.5 Å². The van der Waals surface area contributed by atoms with Gasteiger partial charge in [-0.05, 0) is 30.7 Å². The van der Waals surface area contributed by atoms with Gasteiger partial charge in [0.15, 0.2) is 0 Å². The highest BCUT2D eigenvalue weighted by molar-refractivity contribution is 6.32. The second kappa shape index (κ2) is 7.48. The molecule has 2 rings (SSSR count). The van der Waals surface area contributed by atoms with Gasteiger partial charge in [0.05, 0.1) is 10.6 Å². The van der Waals surface area contributed by atoms with Crippen LogP contribution < -0.4 is 5.32 Å². The Hall–Kier alpha value is -2.51. The third-order valence-corrected chi connectivity index (χ3v) is 3.54. The molecule has 0 aliphatic rings. The first-order valence-electron chi connectivity index (χ1n) is 6.93. The van der Waals surface area contributed by atoms with Crippen molar-refractivity contribution in [3.8, 4) is 6.07 Å². The highest BCUT2D eigenvalue weighted by atomic mass is 35.5. The lowest BCUT2D eigenvalue weighted by atomic mass is 10.2. The Balaban J connectivity index is 2.06. The Labute approximate surface area is 134 Å². The fourth-order valence-corrected chi connectivity index (χ4v) is 2.24. The molecule has 4 nitrogen and oxygen atoms in total. The van der Waals surface area contributed by atoms with Crippen molar-refractivity contribution in [1.29, 1.82) is 5.26 Å². The van der Waals surface area contributed by atoms with E-state index in [1.54, 1.807) is 23.1 Å². The van der Waals surface area contributed by atoms with Crippen molar-refractivity contribution in [2.75, 3.05) is 11.9 Å². The lowest BCUT2D eigenvalue weighted by molar-refractivity contribution is 0.212. The van der Waals surface area contributed by atoms with Gasteiger partial charge in [-0.3, -0.25) is 0 Å². The summed E-state index contributed by atoms with van der Waals surface area (Å²) in [7, 11) is 0. The molecule has 0 spiro atoms. The van der Waals surface area contributed by atoms with E-state index in [9.17, 15) is 4.79 Å². The second-order valence-electron chi connectivity index (χ2n) is 4.74. The van der Waals surface area contributed by atoms with E-state index in [0.29, 0.717) is 29.4 Å². The molecule has 0 aliphatic carbocycles. The molecule has 5 heteroatoms. The van der Waals surface area contributed by atoms with Gasteiger partial charge in [0.1, 0.15) is 6.07 Å². The monoisotopic (exact) mass is 313 g/mol. The van der Waals surface area contributed by atoms with Crippen LogP contribution in [0.25, 0.3) is 0 Å². The SMILES string of the molecule is CCN(Cc1ccccc1)C(=O)Nc1ccc(C#N)c(Cl)c1. The summed E-state index contributed by atoms with van der Waals surface area (Å²) in [5, 5.41) is 12.0. The Morgan fingerprint density at radius 2 is 2.00 bits per heavy atom. The van der Waals surface area contributed by atoms with E-state index in [4.69, 9.17) is 16.9 Å². The molecular formula is C17H16ClN3O. The number of nitrogens with zero attached hydrogens (tertiary/aromatic N) is 2. The van der Waals surface area contributed by atoms with Crippen molar-refractivity contribution in [3.63, 3.8) is 0 Å². The van der Waals surface area contributed by atoms with Gasteiger partial charge < -0.3 is 10.2 Å². The van der Waals surface area contributed by atoms with Crippen molar-refractivity contribution < 1.29 is 4.79 Å². The molecule has 0 unspecified atom stereocenters. The van der Waals surface area contributed by atoms with E-state index in [1.807, 2.05) is 43.3 Å². The fraction of sp³-hybridized carbons (Fsp3) is 0.176. The van der Waals surface area contributed by atoms with Gasteiger partial charge in [0.25, 0.3) is 0 Å². The number of halogens is 1. The van der Waals surface area contributed by atoms with Crippen LogP contribution in [-0.2, 0) is 6.54 Å². The maximum absolute atomic E-state index is 12.3. The van der Waals surface area contributed by atoms with Crippen LogP contribution in [0.5, 0.6) is 0 Å². The predicted octanol–water partition coefficient (Wildman–Crippen LogP) is 4.27. The highest BCUT2D eigenvalue weighted by Gasteiger charge is 2.12. The molecule has 0 aliphatic heterocycles. The number of carbonyl (C=O) groups excluding carboxylic acids is 1. The fourth-order valence-electron chi connectivity index (χ4n) is 2.02. The minimum atomic E-state index is -0.202. The Morgan fingerprint density at radius 1 is 1.27 bits per heavy atom. The van der Waals surface area contributed by atoms with Gasteiger partial charge in [-0.1, -0.05) is 41.9 Å². The zero-order chi connectivity index (χ0) is 15.9. The summed E-state index contributed by atoms with van der Waals surface area (Å²) < 4.78 is 0. The maximum Gasteiger partial charge on any atom is 0.322 e. The Kier molecular flexibility index (Phi) is 5.40. The number of urea groups is 1. The van der Waals surface area contributed by atoms with Gasteiger partial charge >= 0.3 is 6.03 Å². The van der Waals surface area contributed by atoms with E-state index in [-0.39, 0.29) is 6.03 Å². The molecule has 22 heavy (non-hydrogen) atoms. The molecule has 0 saturated carbocycles. The third kappa shape index (κ3) is 4.00. The molecule has 0 radical (unpaired) electrons. The molecule has 0 aromatic heterocycles. The molecule has 2 amide bonds. The largest absolute Gasteiger partial charge is 0.322 e. The van der Waals surface area contributed by atoms with Crippen molar-refractivity contribution in [2.45, 2.75) is 13.5 Å². The standard InChI is InChI=1S/C17H16ClN3O/c1-2-21(12-13-6-4-3-5-7-13)17(22)20-15-9-8-14(11-19)16(18)10-15/h3-10H,2,12H2,1H3,(H,20,22). The summed E-state index contributed by atoms with van der Waals surface area (Å²) in [5.74, 6) is 0. The van der Waals surface area contributed by atoms with Crippen LogP contribution in [0.15, 0.2) is 48.5 Å². The van der Waals surface area contributed by atoms with E-state index < -0.39 is 0 Å². The summed E-state index contributed by atoms with van der Waals surface area (Å²) in [6.45, 7) is 3.05. The predicted molar refractivity (Wildman–Crippen MR) is 87.7 cm³/mol. The van der Waals surface area contributed by atoms with Gasteiger partial charge in [-0.25, -0.2) is 4.79 Å². The number of benzene rings is 2. The minimum absolute atomic E-state index is 0.202. The van der Waals surface area contributed by atoms with Gasteiger partial charge in [-0.15, -0.1) is 0 Å². The second-order valence-corrected chi connectivity index (χ2v) is 5.14. The Morgan fingerprint density at radius 3 is 2.59 bits per heavy atom. The zero-order valence-corrected chi connectivity index (χ0v) is 13.0. The first-order valence-corrected chi connectivity index (χ1v) is 7.31. The van der Waals surface area contributed by atoms with Crippen LogP contribution in [0, 0.1) is 11.3 Å². The highest BCUT2D eigenvalue weighted by Crippen LogP contribution is 2.20. The molecule has 112 valence electrons. The maximum atomic E-state index is 12.3. The van der Waals surface area contributed by atoms with Gasteiger partial charge in [0, 0.05) is 18.8 Å². The summed E-state index contributed by atoms with van der Waals surface area (Å²) >= 11 is 5.97. The van der Waals surface area contributed by atoms with Crippen molar-refractivity contribution >= 4 is 23.3 Å². The average Bonchev–Trinajstić information content (AvgIpc) is 2.53. The van der Waals surface area contributed by atoms with E-state index in [1.165, 1.54) is 0 Å². The summed E-state index contributed by atoms with van der Waals surface area (Å²) in [4.78, 5) is 14.0. The number of rotatable bonds is 4. The quantitative estimate of drug-likeness (QED) is 0.916. The molecule has 0 saturated heterocycles. The lowest BCUT2D eigenvalue weighted by Crippen LogP contribution is -2.34. The minimum Gasteiger partial charge on any atom is -0.320 e. The molecule has 2 aromatic carbocycles. The molecule has 0 fully saturated rings. The van der Waals surface area contributed by atoms with Crippen LogP contribution in [0.1, 0.15) is 18.1 Å². The smallest absolute Gasteiger partial charge is 0.320 e. The van der Waals surface area contributed by atoms with Crippen molar-refractivity contribution in [2.24, 2.45) is 0 Å². The van der Waals surface area contributed by atoms with Crippen LogP contribution in [-0.4, -0.2) is 17.5 Å². The van der Waals surface area contributed by atoms with E-state index >= 15 is 0 Å². The summed E-state index contributed by atoms with van der Waals surface area (Å²) in [5.41, 5.74) is 2.02. The third-order valence-electron chi connectivity index (χ3n) is 3.23. The normalized spacial score (nSPS) is 9.86. The number of anilines is 1. The number of amides is 2. The van der Waals surface area contributed by atoms with Crippen LogP contribution >= 0.6 is 11.6 Å². The topological polar surface area (TPSA) is 56.1 Å². The molecule has 2 aromatic rings. The molecule has 0 heterocycles. The lowest BCUT2D eigenvalue weighted by Gasteiger charge is -2.21. The van der Waals surface area contributed by atoms with Gasteiger partial charge in [-0.2, -0.15) is 5.26 Å². The number of hydrogen-bond acceptors (Lipinski definition) is 2. The zero-order valence-electron chi connectivity index (χ0n) is 12.2. The van der Waals surface area contributed by atoms with Crippen LogP contribution in [0.3, 0.4) is 0 Å². The number of hydrogen-bond donors (Lipinski definition) is 1. The van der Waals surface area contributed by atoms with Crippen LogP contribution in [0.2, 0.25) is 5.02 Å². The first-order chi connectivity index (χ1) is 10.6. The average molecular weight is 314 g/mol. The van der Waals surface area contributed by atoms with Crippen molar-refractivity contribution in [1.82, 2.24) is 4.90 Å². The van der Waals surface area contributed by atoms with E-state index in [0.717, 1.165) is 5.56 Å². The molecule has 0 bridgehead atoms. The molecule has 1 N–H and O–H groups in total. The van der Waals surface area contributed by atoms with E-state index in [2.05, 4.69) is 5.32 Å². The van der Waals surface area contributed by atoms with Crippen molar-refractivity contribution in [3.05, 3.63) is 64.7 Å². The molecular weight excluding hydrogens is 298 g/mol. The first kappa shape index (κ1) is 15.9. The van der Waals surface area contributed by atoms with Gasteiger partial charge in [0.2, 0.25) is 0 Å².